The van der Waals surface area contributed by atoms with Crippen molar-refractivity contribution < 1.29 is 4.79 Å². The smallest absolute Gasteiger partial charge is 0.232 e. The largest absolute Gasteiger partial charge is 0.348 e. The third kappa shape index (κ3) is 3.19. The van der Waals surface area contributed by atoms with E-state index in [1.165, 1.54) is 10.5 Å². The number of hydrogen-bond donors (Lipinski definition) is 0. The average Bonchev–Trinajstić information content (AvgIpc) is 2.35. The molecule has 0 aliphatic carbocycles. The van der Waals surface area contributed by atoms with Gasteiger partial charge in [-0.3, -0.25) is 4.79 Å². The number of amides is 1. The van der Waals surface area contributed by atoms with E-state index >= 15 is 0 Å². The van der Waals surface area contributed by atoms with Gasteiger partial charge in [0.15, 0.2) is 0 Å². The monoisotopic (exact) mass is 267 g/mol. The van der Waals surface area contributed by atoms with E-state index in [4.69, 9.17) is 0 Å². The summed E-state index contributed by atoms with van der Waals surface area (Å²) in [5.74, 6) is 1.94. The summed E-state index contributed by atoms with van der Waals surface area (Å²) in [4.78, 5) is 14.6. The van der Waals surface area contributed by atoms with E-state index in [1.807, 2.05) is 25.9 Å². The molecule has 0 radical (unpaired) electrons. The van der Waals surface area contributed by atoms with E-state index in [2.05, 4.69) is 24.3 Å². The zero-order valence-electron chi connectivity index (χ0n) is 10.2. The zero-order chi connectivity index (χ0) is 12.3. The molecule has 0 saturated heterocycles. The van der Waals surface area contributed by atoms with Crippen LogP contribution in [0.4, 0.5) is 0 Å². The molecule has 17 heavy (non-hydrogen) atoms. The summed E-state index contributed by atoms with van der Waals surface area (Å²) in [6, 6.07) is 8.55. The molecule has 1 amide bonds. The second kappa shape index (κ2) is 5.83. The van der Waals surface area contributed by atoms with Gasteiger partial charge >= 0.3 is 0 Å². The van der Waals surface area contributed by atoms with Crippen molar-refractivity contribution in [3.8, 4) is 0 Å². The summed E-state index contributed by atoms with van der Waals surface area (Å²) in [5, 5.41) is 0.483. The van der Waals surface area contributed by atoms with Crippen LogP contribution in [-0.4, -0.2) is 36.4 Å². The van der Waals surface area contributed by atoms with Crippen molar-refractivity contribution in [2.75, 3.05) is 25.6 Å². The van der Waals surface area contributed by atoms with Gasteiger partial charge in [-0.05, 0) is 23.8 Å². The molecule has 0 aromatic heterocycles. The molecule has 0 fully saturated rings. The van der Waals surface area contributed by atoms with Gasteiger partial charge in [-0.2, -0.15) is 0 Å². The number of rotatable bonds is 3. The van der Waals surface area contributed by atoms with Crippen molar-refractivity contribution >= 4 is 29.4 Å². The summed E-state index contributed by atoms with van der Waals surface area (Å²) < 4.78 is 0. The average molecular weight is 267 g/mol. The number of thioether (sulfide) groups is 2. The second-order valence-electron chi connectivity index (χ2n) is 4.26. The van der Waals surface area contributed by atoms with Gasteiger partial charge in [-0.25, -0.2) is 0 Å². The molecule has 2 nitrogen and oxygen atoms in total. The molecule has 0 bridgehead atoms. The van der Waals surface area contributed by atoms with Gasteiger partial charge in [-0.15, -0.1) is 23.5 Å². The molecule has 92 valence electrons. The molecule has 1 aromatic rings. The predicted octanol–water partition coefficient (Wildman–Crippen LogP) is 3.04. The highest BCUT2D eigenvalue weighted by Crippen LogP contribution is 2.43. The minimum Gasteiger partial charge on any atom is -0.348 e. The van der Waals surface area contributed by atoms with Crippen molar-refractivity contribution in [3.05, 3.63) is 29.8 Å². The highest BCUT2D eigenvalue weighted by molar-refractivity contribution is 8.01. The third-order valence-electron chi connectivity index (χ3n) is 2.81. The number of nitrogens with zero attached hydrogens (tertiary/aromatic N) is 1. The standard InChI is InChI=1S/C13H17NOS2/c1-14(2)13(15)9-17-12-7-8-16-11-6-4-3-5-10(11)12/h3-6,12H,7-9H2,1-2H3. The zero-order valence-corrected chi connectivity index (χ0v) is 11.8. The van der Waals surface area contributed by atoms with Crippen molar-refractivity contribution in [1.82, 2.24) is 4.90 Å². The SMILES string of the molecule is CN(C)C(=O)CSC1CCSc2ccccc21. The van der Waals surface area contributed by atoms with E-state index in [1.54, 1.807) is 16.7 Å². The first-order valence-electron chi connectivity index (χ1n) is 5.72. The Balaban J connectivity index is 2.01. The lowest BCUT2D eigenvalue weighted by molar-refractivity contribution is -0.125. The fraction of sp³-hybridized carbons (Fsp3) is 0.462. The summed E-state index contributed by atoms with van der Waals surface area (Å²) in [6.07, 6.45) is 1.16. The van der Waals surface area contributed by atoms with Crippen molar-refractivity contribution in [1.29, 1.82) is 0 Å². The van der Waals surface area contributed by atoms with Crippen LogP contribution in [0.5, 0.6) is 0 Å². The Labute approximate surface area is 111 Å². The minimum absolute atomic E-state index is 0.200. The van der Waals surface area contributed by atoms with E-state index in [-0.39, 0.29) is 5.91 Å². The second-order valence-corrected chi connectivity index (χ2v) is 6.59. The highest BCUT2D eigenvalue weighted by atomic mass is 32.2. The fourth-order valence-corrected chi connectivity index (χ4v) is 4.40. The van der Waals surface area contributed by atoms with Crippen molar-refractivity contribution in [2.45, 2.75) is 16.6 Å². The van der Waals surface area contributed by atoms with Gasteiger partial charge in [-0.1, -0.05) is 18.2 Å². The molecular formula is C13H17NOS2. The van der Waals surface area contributed by atoms with Crippen LogP contribution in [0.1, 0.15) is 17.2 Å². The van der Waals surface area contributed by atoms with Crippen LogP contribution >= 0.6 is 23.5 Å². The number of hydrogen-bond acceptors (Lipinski definition) is 3. The first kappa shape index (κ1) is 12.8. The highest BCUT2D eigenvalue weighted by Gasteiger charge is 2.21. The normalized spacial score (nSPS) is 18.6. The molecule has 1 aliphatic rings. The van der Waals surface area contributed by atoms with E-state index in [0.717, 1.165) is 12.2 Å². The maximum atomic E-state index is 11.6. The Bertz CT molecular complexity index is 406. The van der Waals surface area contributed by atoms with Crippen LogP contribution in [0, 0.1) is 0 Å². The molecule has 4 heteroatoms. The lowest BCUT2D eigenvalue weighted by atomic mass is 10.1. The lowest BCUT2D eigenvalue weighted by Gasteiger charge is -2.24. The lowest BCUT2D eigenvalue weighted by Crippen LogP contribution is -2.24. The molecule has 0 saturated carbocycles. The van der Waals surface area contributed by atoms with Crippen LogP contribution < -0.4 is 0 Å². The number of carbonyl (C=O) groups is 1. The maximum Gasteiger partial charge on any atom is 0.232 e. The van der Waals surface area contributed by atoms with Gasteiger partial charge in [0.1, 0.15) is 0 Å². The molecule has 0 N–H and O–H groups in total. The van der Waals surface area contributed by atoms with E-state index in [0.29, 0.717) is 11.0 Å². The summed E-state index contributed by atoms with van der Waals surface area (Å²) in [6.45, 7) is 0. The molecule has 0 spiro atoms. The summed E-state index contributed by atoms with van der Waals surface area (Å²) in [5.41, 5.74) is 1.40. The Morgan fingerprint density at radius 2 is 2.24 bits per heavy atom. The van der Waals surface area contributed by atoms with Gasteiger partial charge < -0.3 is 4.90 Å². The van der Waals surface area contributed by atoms with Crippen LogP contribution in [0.3, 0.4) is 0 Å². The molecule has 1 unspecified atom stereocenters. The number of benzene rings is 1. The molecule has 1 heterocycles. The number of fused-ring (bicyclic) bond motifs is 1. The first-order chi connectivity index (χ1) is 8.18. The van der Waals surface area contributed by atoms with E-state index < -0.39 is 0 Å². The van der Waals surface area contributed by atoms with Crippen molar-refractivity contribution in [2.24, 2.45) is 0 Å². The predicted molar refractivity (Wildman–Crippen MR) is 75.7 cm³/mol. The minimum atomic E-state index is 0.200. The quantitative estimate of drug-likeness (QED) is 0.839. The molecule has 1 atom stereocenters. The van der Waals surface area contributed by atoms with Gasteiger partial charge in [0.2, 0.25) is 5.91 Å². The Hall–Kier alpha value is -0.610. The van der Waals surface area contributed by atoms with E-state index in [9.17, 15) is 4.79 Å². The Morgan fingerprint density at radius 1 is 1.47 bits per heavy atom. The maximum absolute atomic E-state index is 11.6. The molecule has 1 aliphatic heterocycles. The molecule has 2 rings (SSSR count). The van der Waals surface area contributed by atoms with Crippen LogP contribution in [0.25, 0.3) is 0 Å². The topological polar surface area (TPSA) is 20.3 Å². The van der Waals surface area contributed by atoms with Gasteiger partial charge in [0, 0.05) is 24.2 Å². The van der Waals surface area contributed by atoms with Crippen LogP contribution in [0.15, 0.2) is 29.2 Å². The molecular weight excluding hydrogens is 250 g/mol. The Morgan fingerprint density at radius 3 is 3.00 bits per heavy atom. The third-order valence-corrected chi connectivity index (χ3v) is 5.24. The summed E-state index contributed by atoms with van der Waals surface area (Å²) in [7, 11) is 3.63. The molecule has 1 aromatic carbocycles. The Kier molecular flexibility index (Phi) is 4.40. The van der Waals surface area contributed by atoms with Gasteiger partial charge in [0.05, 0.1) is 5.75 Å². The summed E-state index contributed by atoms with van der Waals surface area (Å²) >= 11 is 3.70. The van der Waals surface area contributed by atoms with Crippen molar-refractivity contribution in [3.63, 3.8) is 0 Å². The number of carbonyl (C=O) groups excluding carboxylic acids is 1. The van der Waals surface area contributed by atoms with Crippen LogP contribution in [-0.2, 0) is 4.79 Å². The fourth-order valence-electron chi connectivity index (χ4n) is 1.78. The van der Waals surface area contributed by atoms with Crippen LogP contribution in [0.2, 0.25) is 0 Å². The first-order valence-corrected chi connectivity index (χ1v) is 7.75. The van der Waals surface area contributed by atoms with Gasteiger partial charge in [0.25, 0.3) is 0 Å².